The lowest BCUT2D eigenvalue weighted by Gasteiger charge is -2.15. The Morgan fingerprint density at radius 1 is 0.471 bits per heavy atom. The summed E-state index contributed by atoms with van der Waals surface area (Å²) in [5.41, 5.74) is 16.2. The second kappa shape index (κ2) is 1.99. The Balaban J connectivity index is 1.81. The van der Waals surface area contributed by atoms with E-state index in [4.69, 9.17) is 0 Å². The Morgan fingerprint density at radius 2 is 0.882 bits per heavy atom. The normalized spacial score (nSPS) is 29.2. The van der Waals surface area contributed by atoms with E-state index in [1.165, 1.54) is 19.3 Å². The summed E-state index contributed by atoms with van der Waals surface area (Å²) in [4.78, 5) is 0. The molecule has 0 aromatic heterocycles. The fraction of sp³-hybridized carbons (Fsp3) is 0.176. The lowest BCUT2D eigenvalue weighted by Crippen LogP contribution is -1.97. The highest BCUT2D eigenvalue weighted by molar-refractivity contribution is 5.90. The van der Waals surface area contributed by atoms with Crippen molar-refractivity contribution in [1.29, 1.82) is 0 Å². The van der Waals surface area contributed by atoms with Gasteiger partial charge in [0.25, 0.3) is 0 Å². The quantitative estimate of drug-likeness (QED) is 0.537. The molecule has 78 valence electrons. The first-order valence-corrected chi connectivity index (χ1v) is 6.44. The zero-order chi connectivity index (χ0) is 10.7. The second-order valence-corrected chi connectivity index (χ2v) is 5.76. The van der Waals surface area contributed by atoms with Crippen LogP contribution in [0.25, 0.3) is 0 Å². The van der Waals surface area contributed by atoms with Gasteiger partial charge in [-0.05, 0) is 75.0 Å². The minimum atomic E-state index is 1.20. The summed E-state index contributed by atoms with van der Waals surface area (Å²) < 4.78 is 0. The van der Waals surface area contributed by atoms with Crippen molar-refractivity contribution in [3.63, 3.8) is 0 Å². The zero-order valence-electron chi connectivity index (χ0n) is 9.43. The maximum atomic E-state index is 2.34. The average Bonchev–Trinajstić information content (AvgIpc) is 3.14. The maximum Gasteiger partial charge on any atom is -0.0000686 e. The van der Waals surface area contributed by atoms with Crippen molar-refractivity contribution in [1.82, 2.24) is 0 Å². The van der Waals surface area contributed by atoms with Crippen molar-refractivity contribution in [3.8, 4) is 0 Å². The summed E-state index contributed by atoms with van der Waals surface area (Å²) in [7, 11) is 0. The molecule has 1 fully saturated rings. The molecule has 6 aliphatic rings. The summed E-state index contributed by atoms with van der Waals surface area (Å²) in [6, 6.07) is 0. The van der Waals surface area contributed by atoms with E-state index in [1.807, 2.05) is 0 Å². The molecule has 17 heavy (non-hydrogen) atoms. The van der Waals surface area contributed by atoms with E-state index < -0.39 is 0 Å². The van der Waals surface area contributed by atoms with Gasteiger partial charge in [-0.25, -0.2) is 0 Å². The van der Waals surface area contributed by atoms with E-state index in [0.717, 1.165) is 0 Å². The predicted octanol–water partition coefficient (Wildman–Crippen LogP) is 3.83. The van der Waals surface area contributed by atoms with Crippen molar-refractivity contribution >= 4 is 0 Å². The number of hydrogen-bond acceptors (Lipinski definition) is 0. The molecule has 1 saturated carbocycles. The van der Waals surface area contributed by atoms with Gasteiger partial charge in [-0.1, -0.05) is 24.3 Å². The zero-order valence-corrected chi connectivity index (χ0v) is 9.43. The molecule has 0 radical (unpaired) electrons. The standard InChI is InChI=1S/C17H10/c1-2-9-5-8(1)14-12-7-13(15(9)14)17-11-4-3-10(6-11)16(12)17/h1-4H,5-7H2. The van der Waals surface area contributed by atoms with E-state index in [-0.39, 0.29) is 0 Å². The third-order valence-corrected chi connectivity index (χ3v) is 5.08. The van der Waals surface area contributed by atoms with Gasteiger partial charge in [0.15, 0.2) is 0 Å². The fourth-order valence-electron chi connectivity index (χ4n) is 4.54. The van der Waals surface area contributed by atoms with E-state index in [1.54, 1.807) is 55.7 Å². The predicted molar refractivity (Wildman–Crippen MR) is 67.3 cm³/mol. The Labute approximate surface area is 99.7 Å². The highest BCUT2D eigenvalue weighted by Crippen LogP contribution is 2.64. The highest BCUT2D eigenvalue weighted by Gasteiger charge is 2.47. The molecule has 0 spiro atoms. The van der Waals surface area contributed by atoms with Crippen LogP contribution in [0.15, 0.2) is 80.0 Å². The van der Waals surface area contributed by atoms with Gasteiger partial charge >= 0.3 is 0 Å². The fourth-order valence-corrected chi connectivity index (χ4v) is 4.54. The molecule has 6 bridgehead atoms. The molecule has 6 rings (SSSR count). The third-order valence-electron chi connectivity index (χ3n) is 5.08. The van der Waals surface area contributed by atoms with Crippen LogP contribution in [0.2, 0.25) is 0 Å². The molecular weight excluding hydrogens is 204 g/mol. The minimum absolute atomic E-state index is 1.20. The van der Waals surface area contributed by atoms with Crippen LogP contribution >= 0.6 is 0 Å². The van der Waals surface area contributed by atoms with Crippen LogP contribution in [0.1, 0.15) is 19.3 Å². The van der Waals surface area contributed by atoms with Gasteiger partial charge in [-0.15, -0.1) is 0 Å². The SMILES string of the molecule is C1=C2CC(=C1)C1=C3CC(=C21)C1=C3C2=CC=C1C2. The topological polar surface area (TPSA) is 0 Å². The Kier molecular flexibility index (Phi) is 0.878. The first kappa shape index (κ1) is 7.50. The van der Waals surface area contributed by atoms with Crippen LogP contribution in [-0.4, -0.2) is 0 Å². The molecule has 0 atom stereocenters. The van der Waals surface area contributed by atoms with Gasteiger partial charge in [-0.3, -0.25) is 0 Å². The van der Waals surface area contributed by atoms with Crippen molar-refractivity contribution in [2.45, 2.75) is 19.3 Å². The molecule has 0 heterocycles. The van der Waals surface area contributed by atoms with Gasteiger partial charge in [0.2, 0.25) is 0 Å². The number of rotatable bonds is 0. The van der Waals surface area contributed by atoms with Gasteiger partial charge in [-0.2, -0.15) is 0 Å². The molecule has 0 nitrogen and oxygen atoms in total. The number of fused-ring (bicyclic) bond motifs is 13. The van der Waals surface area contributed by atoms with E-state index in [2.05, 4.69) is 24.3 Å². The molecular formula is C17H10. The van der Waals surface area contributed by atoms with Crippen molar-refractivity contribution in [2.24, 2.45) is 0 Å². The average molecular weight is 214 g/mol. The molecule has 0 aromatic carbocycles. The number of allylic oxidation sites excluding steroid dienone is 14. The molecule has 0 saturated heterocycles. The van der Waals surface area contributed by atoms with Crippen LogP contribution < -0.4 is 0 Å². The summed E-state index contributed by atoms with van der Waals surface area (Å²) >= 11 is 0. The van der Waals surface area contributed by atoms with E-state index in [9.17, 15) is 0 Å². The van der Waals surface area contributed by atoms with Gasteiger partial charge in [0, 0.05) is 0 Å². The minimum Gasteiger partial charge on any atom is -0.0578 e. The summed E-state index contributed by atoms with van der Waals surface area (Å²) in [6.45, 7) is 0. The van der Waals surface area contributed by atoms with Crippen LogP contribution in [0.3, 0.4) is 0 Å². The lowest BCUT2D eigenvalue weighted by molar-refractivity contribution is 1.16. The van der Waals surface area contributed by atoms with Gasteiger partial charge < -0.3 is 0 Å². The molecule has 0 heteroatoms. The van der Waals surface area contributed by atoms with E-state index in [0.29, 0.717) is 0 Å². The highest BCUT2D eigenvalue weighted by atomic mass is 14.5. The second-order valence-electron chi connectivity index (χ2n) is 5.76. The smallest absolute Gasteiger partial charge is 0.0000686 e. The van der Waals surface area contributed by atoms with E-state index >= 15 is 0 Å². The molecule has 0 aromatic rings. The summed E-state index contributed by atoms with van der Waals surface area (Å²) in [5.74, 6) is 0. The summed E-state index contributed by atoms with van der Waals surface area (Å²) in [5, 5.41) is 0. The monoisotopic (exact) mass is 214 g/mol. The van der Waals surface area contributed by atoms with Crippen LogP contribution in [0.4, 0.5) is 0 Å². The van der Waals surface area contributed by atoms with Crippen LogP contribution in [0.5, 0.6) is 0 Å². The number of hydrogen-bond donors (Lipinski definition) is 0. The first-order chi connectivity index (χ1) is 8.42. The van der Waals surface area contributed by atoms with Gasteiger partial charge in [0.05, 0.1) is 0 Å². The molecule has 6 aliphatic carbocycles. The largest absolute Gasteiger partial charge is 0.0578 e. The van der Waals surface area contributed by atoms with Crippen LogP contribution in [-0.2, 0) is 0 Å². The molecule has 0 amide bonds. The van der Waals surface area contributed by atoms with Crippen molar-refractivity contribution < 1.29 is 0 Å². The van der Waals surface area contributed by atoms with Gasteiger partial charge in [0.1, 0.15) is 0 Å². The Bertz CT molecular complexity index is 716. The third kappa shape index (κ3) is 0.581. The molecule has 0 unspecified atom stereocenters. The first-order valence-electron chi connectivity index (χ1n) is 6.44. The Hall–Kier alpha value is -1.82. The lowest BCUT2D eigenvalue weighted by atomic mass is 9.88. The Morgan fingerprint density at radius 3 is 1.35 bits per heavy atom. The van der Waals surface area contributed by atoms with Crippen molar-refractivity contribution in [3.05, 3.63) is 80.0 Å². The molecule has 0 N–H and O–H groups in total. The van der Waals surface area contributed by atoms with Crippen molar-refractivity contribution in [2.75, 3.05) is 0 Å². The maximum absolute atomic E-state index is 2.34. The van der Waals surface area contributed by atoms with Crippen LogP contribution in [0, 0.1) is 0 Å². The summed E-state index contributed by atoms with van der Waals surface area (Å²) in [6.07, 6.45) is 13.0. The molecule has 0 aliphatic heterocycles.